The molecule has 0 aliphatic carbocycles. The second-order valence-corrected chi connectivity index (χ2v) is 11.0. The van der Waals surface area contributed by atoms with Crippen LogP contribution in [-0.4, -0.2) is 33.7 Å². The van der Waals surface area contributed by atoms with Crippen molar-refractivity contribution < 1.29 is 31.4 Å². The number of oxazole rings is 1. The lowest BCUT2D eigenvalue weighted by Gasteiger charge is -2.36. The molecule has 10 heteroatoms. The van der Waals surface area contributed by atoms with Gasteiger partial charge in [0.1, 0.15) is 17.3 Å². The van der Waals surface area contributed by atoms with Crippen molar-refractivity contribution in [3.8, 4) is 17.1 Å². The van der Waals surface area contributed by atoms with E-state index in [0.29, 0.717) is 66.6 Å². The molecule has 4 aromatic rings. The maximum atomic E-state index is 14.8. The number of benzene rings is 3. The summed E-state index contributed by atoms with van der Waals surface area (Å²) in [5, 5.41) is 5.21. The normalized spacial score (nSPS) is 15.6. The van der Waals surface area contributed by atoms with E-state index < -0.39 is 21.4 Å². The Labute approximate surface area is 232 Å². The summed E-state index contributed by atoms with van der Waals surface area (Å²) >= 11 is 0. The smallest absolute Gasteiger partial charge is 0.238 e. The molecule has 0 unspecified atom stereocenters. The molecule has 1 aliphatic heterocycles. The van der Waals surface area contributed by atoms with Crippen LogP contribution in [0.5, 0.6) is 5.75 Å². The minimum Gasteiger partial charge on any atom is -0.457 e. The third-order valence-corrected chi connectivity index (χ3v) is 7.87. The molecule has 1 saturated heterocycles. The van der Waals surface area contributed by atoms with Crippen LogP contribution in [0.1, 0.15) is 29.7 Å². The summed E-state index contributed by atoms with van der Waals surface area (Å²) in [5.41, 5.74) is 2.10. The summed E-state index contributed by atoms with van der Waals surface area (Å²) in [6.07, 6.45) is 4.73. The van der Waals surface area contributed by atoms with Crippen LogP contribution < -0.4 is 9.88 Å². The molecular weight excluding hydrogens is 535 g/mol. The van der Waals surface area contributed by atoms with E-state index in [1.165, 1.54) is 30.7 Å². The highest BCUT2D eigenvalue weighted by Crippen LogP contribution is 2.38. The molecule has 1 aliphatic rings. The number of ether oxygens (including phenoxy) is 3. The zero-order valence-corrected chi connectivity index (χ0v) is 22.7. The Hall–Kier alpha value is -3.83. The molecule has 1 aromatic heterocycles. The Balaban J connectivity index is 1.45. The average molecular weight is 565 g/mol. The van der Waals surface area contributed by atoms with Crippen LogP contribution >= 0.6 is 0 Å². The first-order valence-electron chi connectivity index (χ1n) is 12.7. The Morgan fingerprint density at radius 3 is 2.48 bits per heavy atom. The fourth-order valence-electron chi connectivity index (χ4n) is 4.78. The summed E-state index contributed by atoms with van der Waals surface area (Å²) in [6, 6.07) is 20.2. The third-order valence-electron chi connectivity index (χ3n) is 6.94. The van der Waals surface area contributed by atoms with Gasteiger partial charge in [0.15, 0.2) is 12.2 Å². The lowest BCUT2D eigenvalue weighted by molar-refractivity contribution is -0.0949. The third kappa shape index (κ3) is 6.15. The van der Waals surface area contributed by atoms with Gasteiger partial charge >= 0.3 is 0 Å². The van der Waals surface area contributed by atoms with Gasteiger partial charge in [-0.1, -0.05) is 30.3 Å². The number of sulfonamides is 1. The molecule has 0 radical (unpaired) electrons. The number of nitrogens with zero attached hydrogens (tertiary/aromatic N) is 1. The van der Waals surface area contributed by atoms with Gasteiger partial charge in [0.05, 0.1) is 16.2 Å². The highest BCUT2D eigenvalue weighted by atomic mass is 32.2. The van der Waals surface area contributed by atoms with E-state index >= 15 is 0 Å². The topological polar surface area (TPSA) is 114 Å². The fourth-order valence-corrected chi connectivity index (χ4v) is 5.29. The molecule has 1 fully saturated rings. The number of primary sulfonamides is 1. The lowest BCUT2D eigenvalue weighted by Crippen LogP contribution is -2.35. The predicted octanol–water partition coefficient (Wildman–Crippen LogP) is 5.44. The van der Waals surface area contributed by atoms with Crippen molar-refractivity contribution in [1.29, 1.82) is 0 Å². The summed E-state index contributed by atoms with van der Waals surface area (Å²) in [5.74, 6) is 0.907. The number of hydrogen-bond acceptors (Lipinski definition) is 7. The molecular formula is C30H29FN2O6S. The van der Waals surface area contributed by atoms with E-state index in [9.17, 15) is 12.8 Å². The predicted molar refractivity (Wildman–Crippen MR) is 147 cm³/mol. The minimum atomic E-state index is -3.81. The largest absolute Gasteiger partial charge is 0.457 e. The van der Waals surface area contributed by atoms with Crippen LogP contribution in [0.3, 0.4) is 0 Å². The summed E-state index contributed by atoms with van der Waals surface area (Å²) < 4.78 is 61.3. The molecule has 5 rings (SSSR count). The van der Waals surface area contributed by atoms with Crippen molar-refractivity contribution in [2.45, 2.75) is 29.8 Å². The van der Waals surface area contributed by atoms with Gasteiger partial charge in [-0.05, 0) is 48.0 Å². The van der Waals surface area contributed by atoms with Crippen molar-refractivity contribution in [2.24, 2.45) is 5.14 Å². The van der Waals surface area contributed by atoms with Crippen LogP contribution in [0, 0.1) is 5.82 Å². The Kier molecular flexibility index (Phi) is 8.13. The number of allylic oxidation sites excluding steroid dienone is 1. The molecule has 208 valence electrons. The number of nitrogens with two attached hydrogens (primary N) is 1. The SMILES string of the molecule is COC1(c2cc(F)cc(O/C(=C\Cc3ncoc3-c3ccc(S(N)(=O)=O)cc3)c3ccccc3)c2)CCOCC1. The van der Waals surface area contributed by atoms with Crippen molar-refractivity contribution in [3.63, 3.8) is 0 Å². The van der Waals surface area contributed by atoms with Crippen LogP contribution in [0.2, 0.25) is 0 Å². The minimum absolute atomic E-state index is 0.00226. The Morgan fingerprint density at radius 1 is 1.07 bits per heavy atom. The van der Waals surface area contributed by atoms with Crippen LogP contribution in [0.25, 0.3) is 17.1 Å². The maximum Gasteiger partial charge on any atom is 0.238 e. The van der Waals surface area contributed by atoms with Gasteiger partial charge in [-0.15, -0.1) is 0 Å². The van der Waals surface area contributed by atoms with Gasteiger partial charge in [0.25, 0.3) is 0 Å². The van der Waals surface area contributed by atoms with Crippen molar-refractivity contribution >= 4 is 15.8 Å². The fraction of sp³-hybridized carbons (Fsp3) is 0.233. The van der Waals surface area contributed by atoms with Crippen LogP contribution in [-0.2, 0) is 31.5 Å². The summed E-state index contributed by atoms with van der Waals surface area (Å²) in [7, 11) is -2.18. The Bertz CT molecular complexity index is 1590. The molecule has 0 atom stereocenters. The first-order chi connectivity index (χ1) is 19.3. The van der Waals surface area contributed by atoms with E-state index in [4.69, 9.17) is 23.8 Å². The van der Waals surface area contributed by atoms with Gasteiger partial charge in [-0.25, -0.2) is 22.9 Å². The molecule has 2 N–H and O–H groups in total. The second-order valence-electron chi connectivity index (χ2n) is 9.42. The van der Waals surface area contributed by atoms with E-state index in [2.05, 4.69) is 4.98 Å². The quantitative estimate of drug-likeness (QED) is 0.269. The van der Waals surface area contributed by atoms with Gasteiger partial charge < -0.3 is 18.6 Å². The zero-order chi connectivity index (χ0) is 28.2. The zero-order valence-electron chi connectivity index (χ0n) is 21.9. The molecule has 2 heterocycles. The van der Waals surface area contributed by atoms with Crippen LogP contribution in [0.15, 0.2) is 94.6 Å². The van der Waals surface area contributed by atoms with Crippen molar-refractivity contribution in [2.75, 3.05) is 20.3 Å². The monoisotopic (exact) mass is 564 g/mol. The van der Waals surface area contributed by atoms with Crippen molar-refractivity contribution in [1.82, 2.24) is 4.98 Å². The molecule has 0 saturated carbocycles. The van der Waals surface area contributed by atoms with Crippen molar-refractivity contribution in [3.05, 3.63) is 108 Å². The van der Waals surface area contributed by atoms with Gasteiger partial charge in [-0.3, -0.25) is 0 Å². The highest BCUT2D eigenvalue weighted by molar-refractivity contribution is 7.89. The standard InChI is InChI=1S/C30H29FN2O6S/c1-36-30(13-15-37-16-14-30)23-17-24(31)19-25(18-23)39-28(21-5-3-2-4-6-21)12-11-27-29(38-20-33-27)22-7-9-26(10-8-22)40(32,34)35/h2-10,12,17-20H,11,13-16H2,1H3,(H2,32,34,35)/b28-12-. The number of halogens is 1. The molecule has 3 aromatic carbocycles. The maximum absolute atomic E-state index is 14.8. The van der Waals surface area contributed by atoms with E-state index in [1.807, 2.05) is 42.5 Å². The average Bonchev–Trinajstić information content (AvgIpc) is 3.44. The molecule has 0 bridgehead atoms. The first-order valence-corrected chi connectivity index (χ1v) is 14.2. The van der Waals surface area contributed by atoms with Gasteiger partial charge in [0.2, 0.25) is 10.0 Å². The van der Waals surface area contributed by atoms with Gasteiger partial charge in [0, 0.05) is 56.8 Å². The van der Waals surface area contributed by atoms with E-state index in [0.717, 1.165) is 5.56 Å². The molecule has 40 heavy (non-hydrogen) atoms. The number of rotatable bonds is 9. The number of aromatic nitrogens is 1. The summed E-state index contributed by atoms with van der Waals surface area (Å²) in [4.78, 5) is 4.35. The van der Waals surface area contributed by atoms with E-state index in [1.54, 1.807) is 19.2 Å². The Morgan fingerprint density at radius 2 is 1.80 bits per heavy atom. The van der Waals surface area contributed by atoms with E-state index in [-0.39, 0.29) is 4.90 Å². The molecule has 0 spiro atoms. The summed E-state index contributed by atoms with van der Waals surface area (Å²) in [6.45, 7) is 1.06. The number of methoxy groups -OCH3 is 1. The van der Waals surface area contributed by atoms with Crippen LogP contribution in [0.4, 0.5) is 4.39 Å². The highest BCUT2D eigenvalue weighted by Gasteiger charge is 2.35. The first kappa shape index (κ1) is 27.7. The second kappa shape index (κ2) is 11.7. The molecule has 0 amide bonds. The molecule has 8 nitrogen and oxygen atoms in total. The van der Waals surface area contributed by atoms with Gasteiger partial charge in [-0.2, -0.15) is 0 Å². The number of hydrogen-bond donors (Lipinski definition) is 1. The lowest BCUT2D eigenvalue weighted by atomic mass is 9.86.